The third-order valence-corrected chi connectivity index (χ3v) is 3.38. The highest BCUT2D eigenvalue weighted by Crippen LogP contribution is 2.33. The van der Waals surface area contributed by atoms with Crippen molar-refractivity contribution in [1.82, 2.24) is 0 Å². The third kappa shape index (κ3) is 3.22. The Bertz CT molecular complexity index is 358. The minimum atomic E-state index is 0.364. The van der Waals surface area contributed by atoms with Crippen LogP contribution in [0.4, 0.5) is 0 Å². The van der Waals surface area contributed by atoms with Crippen LogP contribution in [0.5, 0.6) is 5.75 Å². The van der Waals surface area contributed by atoms with Crippen LogP contribution in [0, 0.1) is 5.92 Å². The Morgan fingerprint density at radius 2 is 1.82 bits per heavy atom. The van der Waals surface area contributed by atoms with E-state index in [0.717, 1.165) is 5.75 Å². The lowest BCUT2D eigenvalue weighted by atomic mass is 9.86. The van der Waals surface area contributed by atoms with Crippen molar-refractivity contribution in [3.8, 4) is 5.75 Å². The van der Waals surface area contributed by atoms with E-state index in [9.17, 15) is 0 Å². The molecule has 0 aliphatic carbocycles. The first-order chi connectivity index (χ1) is 8.01. The van der Waals surface area contributed by atoms with E-state index >= 15 is 0 Å². The molecule has 0 fully saturated rings. The molecule has 0 amide bonds. The first-order valence-electron chi connectivity index (χ1n) is 6.39. The number of rotatable bonds is 5. The van der Waals surface area contributed by atoms with Gasteiger partial charge in [0.25, 0.3) is 0 Å². The van der Waals surface area contributed by atoms with E-state index in [1.807, 2.05) is 0 Å². The van der Waals surface area contributed by atoms with Gasteiger partial charge >= 0.3 is 0 Å². The summed E-state index contributed by atoms with van der Waals surface area (Å²) in [6.45, 7) is 9.49. The normalized spacial score (nSPS) is 13.2. The third-order valence-electron chi connectivity index (χ3n) is 3.38. The molecule has 1 rings (SSSR count). The van der Waals surface area contributed by atoms with Crippen molar-refractivity contribution in [3.63, 3.8) is 0 Å². The molecule has 0 saturated carbocycles. The van der Waals surface area contributed by atoms with Crippen LogP contribution < -0.4 is 10.5 Å². The second-order valence-corrected chi connectivity index (χ2v) is 5.24. The standard InChI is InChI=1S/C15H25NO/c1-10(2)12-6-7-15(17-5)13(8-12)14(9-16)11(3)4/h6-8,10-11,14H,9,16H2,1-5H3. The lowest BCUT2D eigenvalue weighted by Crippen LogP contribution is -2.18. The maximum atomic E-state index is 5.90. The van der Waals surface area contributed by atoms with Gasteiger partial charge in [0.15, 0.2) is 0 Å². The summed E-state index contributed by atoms with van der Waals surface area (Å²) in [7, 11) is 1.72. The molecule has 2 nitrogen and oxygen atoms in total. The summed E-state index contributed by atoms with van der Waals surface area (Å²) in [5, 5.41) is 0. The quantitative estimate of drug-likeness (QED) is 0.847. The zero-order valence-corrected chi connectivity index (χ0v) is 11.7. The topological polar surface area (TPSA) is 35.2 Å². The number of benzene rings is 1. The van der Waals surface area contributed by atoms with Crippen molar-refractivity contribution in [2.24, 2.45) is 11.7 Å². The second-order valence-electron chi connectivity index (χ2n) is 5.24. The van der Waals surface area contributed by atoms with Crippen LogP contribution >= 0.6 is 0 Å². The Hall–Kier alpha value is -1.02. The van der Waals surface area contributed by atoms with Gasteiger partial charge in [-0.2, -0.15) is 0 Å². The van der Waals surface area contributed by atoms with Crippen LogP contribution in [0.15, 0.2) is 18.2 Å². The molecule has 2 heteroatoms. The van der Waals surface area contributed by atoms with Crippen molar-refractivity contribution < 1.29 is 4.74 Å². The molecule has 1 unspecified atom stereocenters. The van der Waals surface area contributed by atoms with Gasteiger partial charge in [-0.25, -0.2) is 0 Å². The van der Waals surface area contributed by atoms with Gasteiger partial charge in [-0.15, -0.1) is 0 Å². The zero-order valence-electron chi connectivity index (χ0n) is 11.7. The van der Waals surface area contributed by atoms with Gasteiger partial charge < -0.3 is 10.5 Å². The Kier molecular flexibility index (Phi) is 5.01. The monoisotopic (exact) mass is 235 g/mol. The smallest absolute Gasteiger partial charge is 0.122 e. The zero-order chi connectivity index (χ0) is 13.0. The van der Waals surface area contributed by atoms with Gasteiger partial charge in [0.1, 0.15) is 5.75 Å². The lowest BCUT2D eigenvalue weighted by molar-refractivity contribution is 0.395. The van der Waals surface area contributed by atoms with Crippen molar-refractivity contribution >= 4 is 0 Å². The van der Waals surface area contributed by atoms with E-state index in [4.69, 9.17) is 10.5 Å². The number of methoxy groups -OCH3 is 1. The molecule has 0 bridgehead atoms. The Labute approximate surface area is 105 Å². The maximum absolute atomic E-state index is 5.90. The van der Waals surface area contributed by atoms with E-state index in [2.05, 4.69) is 45.9 Å². The highest BCUT2D eigenvalue weighted by atomic mass is 16.5. The molecule has 1 atom stereocenters. The van der Waals surface area contributed by atoms with E-state index in [0.29, 0.717) is 24.3 Å². The fourth-order valence-electron chi connectivity index (χ4n) is 2.16. The largest absolute Gasteiger partial charge is 0.496 e. The van der Waals surface area contributed by atoms with Gasteiger partial charge in [0.05, 0.1) is 7.11 Å². The molecule has 0 saturated heterocycles. The summed E-state index contributed by atoms with van der Waals surface area (Å²) in [5.41, 5.74) is 8.49. The lowest BCUT2D eigenvalue weighted by Gasteiger charge is -2.23. The summed E-state index contributed by atoms with van der Waals surface area (Å²) in [6.07, 6.45) is 0. The molecule has 0 aliphatic heterocycles. The Morgan fingerprint density at radius 1 is 1.18 bits per heavy atom. The van der Waals surface area contributed by atoms with Crippen LogP contribution in [0.3, 0.4) is 0 Å². The Balaban J connectivity index is 3.21. The fourth-order valence-corrected chi connectivity index (χ4v) is 2.16. The molecule has 0 aliphatic rings. The van der Waals surface area contributed by atoms with Crippen LogP contribution in [0.25, 0.3) is 0 Å². The van der Waals surface area contributed by atoms with Crippen molar-refractivity contribution in [2.45, 2.75) is 39.5 Å². The van der Waals surface area contributed by atoms with Crippen molar-refractivity contribution in [2.75, 3.05) is 13.7 Å². The van der Waals surface area contributed by atoms with Gasteiger partial charge in [-0.1, -0.05) is 39.8 Å². The second kappa shape index (κ2) is 6.06. The fraction of sp³-hybridized carbons (Fsp3) is 0.600. The highest BCUT2D eigenvalue weighted by Gasteiger charge is 2.19. The van der Waals surface area contributed by atoms with Gasteiger partial charge in [-0.3, -0.25) is 0 Å². The van der Waals surface area contributed by atoms with Crippen LogP contribution in [-0.2, 0) is 0 Å². The van der Waals surface area contributed by atoms with Gasteiger partial charge in [0.2, 0.25) is 0 Å². The molecule has 1 aromatic carbocycles. The van der Waals surface area contributed by atoms with E-state index in [1.54, 1.807) is 7.11 Å². The summed E-state index contributed by atoms with van der Waals surface area (Å²) in [4.78, 5) is 0. The molecule has 96 valence electrons. The minimum Gasteiger partial charge on any atom is -0.496 e. The van der Waals surface area contributed by atoms with Gasteiger partial charge in [-0.05, 0) is 35.6 Å². The number of hydrogen-bond acceptors (Lipinski definition) is 2. The molecule has 0 heterocycles. The predicted molar refractivity (Wildman–Crippen MR) is 73.7 cm³/mol. The van der Waals surface area contributed by atoms with Gasteiger partial charge in [0, 0.05) is 5.92 Å². The SMILES string of the molecule is COc1ccc(C(C)C)cc1C(CN)C(C)C. The summed E-state index contributed by atoms with van der Waals surface area (Å²) in [5.74, 6) is 2.38. The van der Waals surface area contributed by atoms with Crippen molar-refractivity contribution in [3.05, 3.63) is 29.3 Å². The van der Waals surface area contributed by atoms with Crippen LogP contribution in [-0.4, -0.2) is 13.7 Å². The molecular formula is C15H25NO. The molecular weight excluding hydrogens is 210 g/mol. The molecule has 2 N–H and O–H groups in total. The van der Waals surface area contributed by atoms with E-state index < -0.39 is 0 Å². The van der Waals surface area contributed by atoms with E-state index in [-0.39, 0.29) is 0 Å². The Morgan fingerprint density at radius 3 is 2.24 bits per heavy atom. The minimum absolute atomic E-state index is 0.364. The number of nitrogens with two attached hydrogens (primary N) is 1. The first-order valence-corrected chi connectivity index (χ1v) is 6.39. The molecule has 1 aromatic rings. The van der Waals surface area contributed by atoms with Crippen molar-refractivity contribution in [1.29, 1.82) is 0 Å². The maximum Gasteiger partial charge on any atom is 0.122 e. The number of ether oxygens (including phenoxy) is 1. The average Bonchev–Trinajstić information content (AvgIpc) is 2.29. The molecule has 0 aromatic heterocycles. The summed E-state index contributed by atoms with van der Waals surface area (Å²) >= 11 is 0. The van der Waals surface area contributed by atoms with E-state index in [1.165, 1.54) is 11.1 Å². The summed E-state index contributed by atoms with van der Waals surface area (Å²) < 4.78 is 5.46. The molecule has 0 spiro atoms. The number of hydrogen-bond donors (Lipinski definition) is 1. The highest BCUT2D eigenvalue weighted by molar-refractivity contribution is 5.41. The molecule has 17 heavy (non-hydrogen) atoms. The first kappa shape index (κ1) is 14.0. The summed E-state index contributed by atoms with van der Waals surface area (Å²) in [6, 6.07) is 6.46. The van der Waals surface area contributed by atoms with Crippen LogP contribution in [0.2, 0.25) is 0 Å². The average molecular weight is 235 g/mol. The molecule has 0 radical (unpaired) electrons. The predicted octanol–water partition coefficient (Wildman–Crippen LogP) is 3.52. The van der Waals surface area contributed by atoms with Crippen LogP contribution in [0.1, 0.15) is 50.7 Å².